The number of benzene rings is 1. The number of ether oxygens (including phenoxy) is 2. The van der Waals surface area contributed by atoms with E-state index < -0.39 is 0 Å². The van der Waals surface area contributed by atoms with Gasteiger partial charge >= 0.3 is 0 Å². The minimum atomic E-state index is -0.318. The Morgan fingerprint density at radius 3 is 2.74 bits per heavy atom. The number of aryl methyl sites for hydroxylation is 1. The molecule has 1 aromatic carbocycles. The molecule has 1 aromatic heterocycles. The molecule has 2 aromatic rings. The van der Waals surface area contributed by atoms with Crippen molar-refractivity contribution in [2.75, 3.05) is 14.2 Å². The van der Waals surface area contributed by atoms with Crippen molar-refractivity contribution in [1.82, 2.24) is 10.9 Å². The molecule has 2 amide bonds. The van der Waals surface area contributed by atoms with Crippen molar-refractivity contribution in [3.8, 4) is 11.5 Å². The number of nitrogens with one attached hydrogen (secondary N) is 2. The topological polar surface area (TPSA) is 76.7 Å². The molecule has 0 saturated heterocycles. The van der Waals surface area contributed by atoms with Gasteiger partial charge in [-0.05, 0) is 42.9 Å². The molecule has 0 saturated carbocycles. The Bertz CT molecular complexity index is 847. The summed E-state index contributed by atoms with van der Waals surface area (Å²) in [5.74, 6) is 1.28. The third-order valence-electron chi connectivity index (χ3n) is 4.71. The third-order valence-corrected chi connectivity index (χ3v) is 5.95. The third kappa shape index (κ3) is 4.60. The van der Waals surface area contributed by atoms with Gasteiger partial charge in [0.15, 0.2) is 0 Å². The van der Waals surface area contributed by atoms with Crippen molar-refractivity contribution in [2.45, 2.75) is 32.6 Å². The Morgan fingerprint density at radius 1 is 1.19 bits per heavy atom. The minimum Gasteiger partial charge on any atom is -0.497 e. The van der Waals surface area contributed by atoms with Gasteiger partial charge in [0.2, 0.25) is 5.91 Å². The first-order chi connectivity index (χ1) is 13.0. The first-order valence-corrected chi connectivity index (χ1v) is 9.73. The first-order valence-electron chi connectivity index (χ1n) is 8.91. The molecule has 1 aliphatic carbocycles. The number of rotatable bonds is 5. The second kappa shape index (κ2) is 8.43. The van der Waals surface area contributed by atoms with E-state index in [0.29, 0.717) is 27.9 Å². The zero-order valence-electron chi connectivity index (χ0n) is 15.8. The number of carbonyl (C=O) groups is 2. The summed E-state index contributed by atoms with van der Waals surface area (Å²) in [5.41, 5.74) is 6.96. The molecular formula is C20H24N2O4S. The molecule has 0 radical (unpaired) electrons. The van der Waals surface area contributed by atoms with Crippen LogP contribution in [0.5, 0.6) is 11.5 Å². The second-order valence-electron chi connectivity index (χ2n) is 6.76. The molecule has 1 atom stereocenters. The van der Waals surface area contributed by atoms with Gasteiger partial charge in [0.05, 0.1) is 25.5 Å². The van der Waals surface area contributed by atoms with Gasteiger partial charge in [-0.25, -0.2) is 0 Å². The van der Waals surface area contributed by atoms with Gasteiger partial charge in [-0.15, -0.1) is 11.3 Å². The summed E-state index contributed by atoms with van der Waals surface area (Å²) in [7, 11) is 3.11. The fourth-order valence-electron chi connectivity index (χ4n) is 3.22. The first kappa shape index (κ1) is 19.2. The smallest absolute Gasteiger partial charge is 0.279 e. The quantitative estimate of drug-likeness (QED) is 0.772. The Balaban J connectivity index is 1.57. The van der Waals surface area contributed by atoms with Gasteiger partial charge in [-0.2, -0.15) is 0 Å². The van der Waals surface area contributed by atoms with Crippen LogP contribution in [0.25, 0.3) is 0 Å². The summed E-state index contributed by atoms with van der Waals surface area (Å²) in [5, 5.41) is 0. The van der Waals surface area contributed by atoms with Crippen LogP contribution in [0.3, 0.4) is 0 Å². The highest BCUT2D eigenvalue weighted by Gasteiger charge is 2.21. The van der Waals surface area contributed by atoms with Crippen LogP contribution in [0.1, 0.15) is 39.0 Å². The molecule has 1 heterocycles. The van der Waals surface area contributed by atoms with Crippen molar-refractivity contribution in [1.29, 1.82) is 0 Å². The molecule has 27 heavy (non-hydrogen) atoms. The van der Waals surface area contributed by atoms with Gasteiger partial charge < -0.3 is 9.47 Å². The number of carbonyl (C=O) groups excluding carboxylic acids is 2. The molecule has 0 unspecified atom stereocenters. The zero-order valence-corrected chi connectivity index (χ0v) is 16.6. The average molecular weight is 388 g/mol. The number of thiophene rings is 1. The lowest BCUT2D eigenvalue weighted by Gasteiger charge is -2.16. The predicted octanol–water partition coefficient (Wildman–Crippen LogP) is 2.89. The Labute approximate surface area is 162 Å². The van der Waals surface area contributed by atoms with Crippen molar-refractivity contribution < 1.29 is 19.1 Å². The Hall–Kier alpha value is -2.54. The molecule has 144 valence electrons. The Kier molecular flexibility index (Phi) is 6.01. The van der Waals surface area contributed by atoms with Crippen LogP contribution in [-0.4, -0.2) is 26.0 Å². The monoisotopic (exact) mass is 388 g/mol. The molecule has 6 nitrogen and oxygen atoms in total. The number of amides is 2. The largest absolute Gasteiger partial charge is 0.497 e. The van der Waals surface area contributed by atoms with Crippen molar-refractivity contribution >= 4 is 23.2 Å². The molecule has 1 aliphatic rings. The van der Waals surface area contributed by atoms with Crippen LogP contribution in [0.2, 0.25) is 0 Å². The van der Waals surface area contributed by atoms with Crippen LogP contribution in [0.15, 0.2) is 24.3 Å². The summed E-state index contributed by atoms with van der Waals surface area (Å²) in [6, 6.07) is 7.20. The number of hydrogen-bond acceptors (Lipinski definition) is 5. The van der Waals surface area contributed by atoms with Gasteiger partial charge in [0.25, 0.3) is 5.91 Å². The van der Waals surface area contributed by atoms with Crippen molar-refractivity contribution in [3.05, 3.63) is 45.1 Å². The zero-order chi connectivity index (χ0) is 19.4. The SMILES string of the molecule is COc1ccc(CC(=O)NNC(=O)c2cc3c(s2)CC[C@@H](C)C3)c(OC)c1. The molecule has 0 spiro atoms. The molecule has 7 heteroatoms. The maximum absolute atomic E-state index is 12.4. The van der Waals surface area contributed by atoms with Gasteiger partial charge in [-0.3, -0.25) is 20.4 Å². The lowest BCUT2D eigenvalue weighted by atomic mass is 9.90. The van der Waals surface area contributed by atoms with Crippen molar-refractivity contribution in [3.63, 3.8) is 0 Å². The summed E-state index contributed by atoms with van der Waals surface area (Å²) in [4.78, 5) is 26.5. The second-order valence-corrected chi connectivity index (χ2v) is 7.90. The van der Waals surface area contributed by atoms with E-state index in [-0.39, 0.29) is 18.2 Å². The van der Waals surface area contributed by atoms with E-state index in [1.807, 2.05) is 6.07 Å². The minimum absolute atomic E-state index is 0.0892. The maximum Gasteiger partial charge on any atom is 0.279 e. The number of methoxy groups -OCH3 is 2. The summed E-state index contributed by atoms with van der Waals surface area (Å²) in [6.07, 6.45) is 3.29. The van der Waals surface area contributed by atoms with Gasteiger partial charge in [0.1, 0.15) is 11.5 Å². The molecule has 0 aliphatic heterocycles. The van der Waals surface area contributed by atoms with E-state index in [4.69, 9.17) is 9.47 Å². The van der Waals surface area contributed by atoms with E-state index in [2.05, 4.69) is 17.8 Å². The molecule has 0 bridgehead atoms. The van der Waals surface area contributed by atoms with E-state index in [0.717, 1.165) is 19.3 Å². The van der Waals surface area contributed by atoms with E-state index in [9.17, 15) is 9.59 Å². The normalized spacial score (nSPS) is 15.6. The van der Waals surface area contributed by atoms with Gasteiger partial charge in [0, 0.05) is 16.5 Å². The molecule has 0 fully saturated rings. The predicted molar refractivity (Wildman–Crippen MR) is 104 cm³/mol. The Morgan fingerprint density at radius 2 is 2.00 bits per heavy atom. The van der Waals surface area contributed by atoms with Crippen LogP contribution >= 0.6 is 11.3 Å². The highest BCUT2D eigenvalue weighted by Crippen LogP contribution is 2.32. The molecule has 2 N–H and O–H groups in total. The maximum atomic E-state index is 12.4. The number of fused-ring (bicyclic) bond motifs is 1. The van der Waals surface area contributed by atoms with Crippen LogP contribution < -0.4 is 20.3 Å². The fourth-order valence-corrected chi connectivity index (χ4v) is 4.32. The summed E-state index contributed by atoms with van der Waals surface area (Å²) < 4.78 is 10.4. The highest BCUT2D eigenvalue weighted by atomic mass is 32.1. The molecule has 3 rings (SSSR count). The van der Waals surface area contributed by atoms with Crippen LogP contribution in [0, 0.1) is 5.92 Å². The fraction of sp³-hybridized carbons (Fsp3) is 0.400. The standard InChI is InChI=1S/C20H24N2O4S/c1-12-4-7-17-14(8-12)9-18(27-17)20(24)22-21-19(23)10-13-5-6-15(25-2)11-16(13)26-3/h5-6,9,11-12H,4,7-8,10H2,1-3H3,(H,21,23)(H,22,24)/t12-/m1/s1. The average Bonchev–Trinajstić information content (AvgIpc) is 3.09. The van der Waals surface area contributed by atoms with E-state index >= 15 is 0 Å². The number of hydrazine groups is 1. The van der Waals surface area contributed by atoms with Crippen LogP contribution in [0.4, 0.5) is 0 Å². The molecular weight excluding hydrogens is 364 g/mol. The lowest BCUT2D eigenvalue weighted by Crippen LogP contribution is -2.42. The van der Waals surface area contributed by atoms with E-state index in [1.54, 1.807) is 25.3 Å². The summed E-state index contributed by atoms with van der Waals surface area (Å²) >= 11 is 1.51. The highest BCUT2D eigenvalue weighted by molar-refractivity contribution is 7.14. The van der Waals surface area contributed by atoms with Crippen molar-refractivity contribution in [2.24, 2.45) is 5.92 Å². The number of hydrogen-bond donors (Lipinski definition) is 2. The van der Waals surface area contributed by atoms with Crippen LogP contribution in [-0.2, 0) is 24.1 Å². The summed E-state index contributed by atoms with van der Waals surface area (Å²) in [6.45, 7) is 2.23. The van der Waals surface area contributed by atoms with E-state index in [1.165, 1.54) is 28.9 Å². The lowest BCUT2D eigenvalue weighted by molar-refractivity contribution is -0.121. The van der Waals surface area contributed by atoms with Gasteiger partial charge in [-0.1, -0.05) is 13.0 Å².